The number of pyridine rings is 1. The summed E-state index contributed by atoms with van der Waals surface area (Å²) in [5.74, 6) is 0. The second kappa shape index (κ2) is 7.40. The molecule has 1 aliphatic heterocycles. The molecule has 1 aliphatic carbocycles. The van der Waals surface area contributed by atoms with E-state index in [1.807, 2.05) is 18.5 Å². The van der Waals surface area contributed by atoms with Gasteiger partial charge in [0.15, 0.2) is 0 Å². The summed E-state index contributed by atoms with van der Waals surface area (Å²) in [6.07, 6.45) is 3.84. The van der Waals surface area contributed by atoms with E-state index in [0.29, 0.717) is 0 Å². The number of fused-ring (bicyclic) bond motifs is 3. The van der Waals surface area contributed by atoms with Crippen LogP contribution in [-0.2, 0) is 14.7 Å². The summed E-state index contributed by atoms with van der Waals surface area (Å²) in [4.78, 5) is 4.53. The first-order valence-electron chi connectivity index (χ1n) is 11.9. The Labute approximate surface area is 201 Å². The van der Waals surface area contributed by atoms with Crippen molar-refractivity contribution in [1.82, 2.24) is 4.98 Å². The van der Waals surface area contributed by atoms with Gasteiger partial charge >= 0.3 is 7.12 Å². The van der Waals surface area contributed by atoms with E-state index in [1.165, 1.54) is 27.8 Å². The van der Waals surface area contributed by atoms with Gasteiger partial charge in [-0.2, -0.15) is 0 Å². The molecule has 0 spiro atoms. The van der Waals surface area contributed by atoms with Gasteiger partial charge in [-0.05, 0) is 72.6 Å². The zero-order valence-electron chi connectivity index (χ0n) is 20.1. The summed E-state index contributed by atoms with van der Waals surface area (Å²) in [7, 11) is -0.437. The molecule has 3 nitrogen and oxygen atoms in total. The summed E-state index contributed by atoms with van der Waals surface area (Å²) in [5, 5.41) is 0. The molecular formula is C30H28BNO2. The monoisotopic (exact) mass is 445 g/mol. The SMILES string of the molecule is CC1(C)OB(c2cccc3c2-c2ccccc2C3(c2ccccc2)c2cccnc2)OC1(C)C. The third kappa shape index (κ3) is 2.82. The molecule has 2 aliphatic rings. The van der Waals surface area contributed by atoms with E-state index < -0.39 is 23.7 Å². The minimum absolute atomic E-state index is 0.404. The summed E-state index contributed by atoms with van der Waals surface area (Å²) >= 11 is 0. The highest BCUT2D eigenvalue weighted by atomic mass is 16.7. The van der Waals surface area contributed by atoms with Crippen molar-refractivity contribution in [3.8, 4) is 11.1 Å². The smallest absolute Gasteiger partial charge is 0.399 e. The van der Waals surface area contributed by atoms with E-state index >= 15 is 0 Å². The van der Waals surface area contributed by atoms with E-state index in [4.69, 9.17) is 9.31 Å². The maximum atomic E-state index is 6.54. The van der Waals surface area contributed by atoms with Gasteiger partial charge in [0.2, 0.25) is 0 Å². The van der Waals surface area contributed by atoms with Crippen molar-refractivity contribution in [3.63, 3.8) is 0 Å². The molecule has 0 bridgehead atoms. The summed E-state index contributed by atoms with van der Waals surface area (Å²) in [6, 6.07) is 30.2. The molecule has 34 heavy (non-hydrogen) atoms. The first kappa shape index (κ1) is 21.3. The van der Waals surface area contributed by atoms with Gasteiger partial charge in [0.05, 0.1) is 16.6 Å². The van der Waals surface area contributed by atoms with Gasteiger partial charge in [-0.3, -0.25) is 4.98 Å². The molecule has 1 unspecified atom stereocenters. The summed E-state index contributed by atoms with van der Waals surface area (Å²) in [6.45, 7) is 8.42. The van der Waals surface area contributed by atoms with Crippen molar-refractivity contribution in [1.29, 1.82) is 0 Å². The van der Waals surface area contributed by atoms with Crippen LogP contribution in [-0.4, -0.2) is 23.3 Å². The van der Waals surface area contributed by atoms with E-state index in [-0.39, 0.29) is 0 Å². The Bertz CT molecular complexity index is 1310. The van der Waals surface area contributed by atoms with Crippen LogP contribution < -0.4 is 5.46 Å². The Hall–Kier alpha value is -3.21. The second-order valence-electron chi connectivity index (χ2n) is 10.3. The Morgan fingerprint density at radius 2 is 1.29 bits per heavy atom. The number of rotatable bonds is 3. The fourth-order valence-corrected chi connectivity index (χ4v) is 5.58. The lowest BCUT2D eigenvalue weighted by molar-refractivity contribution is 0.00578. The largest absolute Gasteiger partial charge is 0.495 e. The molecule has 168 valence electrons. The average molecular weight is 445 g/mol. The normalized spacial score (nSPS) is 21.8. The van der Waals surface area contributed by atoms with Crippen molar-refractivity contribution in [2.45, 2.75) is 44.3 Å². The number of nitrogens with zero attached hydrogens (tertiary/aromatic N) is 1. The van der Waals surface area contributed by atoms with Crippen LogP contribution in [0, 0.1) is 0 Å². The van der Waals surface area contributed by atoms with Crippen LogP contribution in [0.1, 0.15) is 49.9 Å². The predicted molar refractivity (Wildman–Crippen MR) is 137 cm³/mol. The van der Waals surface area contributed by atoms with Gasteiger partial charge in [-0.15, -0.1) is 0 Å². The molecule has 4 aromatic rings. The molecule has 0 radical (unpaired) electrons. The van der Waals surface area contributed by atoms with Crippen molar-refractivity contribution in [2.24, 2.45) is 0 Å². The quantitative estimate of drug-likeness (QED) is 0.332. The molecule has 3 aromatic carbocycles. The van der Waals surface area contributed by atoms with Crippen LogP contribution in [0.15, 0.2) is 97.3 Å². The van der Waals surface area contributed by atoms with Crippen LogP contribution in [0.25, 0.3) is 11.1 Å². The Morgan fingerprint density at radius 3 is 2.00 bits per heavy atom. The van der Waals surface area contributed by atoms with Crippen LogP contribution in [0.4, 0.5) is 0 Å². The molecule has 0 N–H and O–H groups in total. The molecular weight excluding hydrogens is 417 g/mol. The van der Waals surface area contributed by atoms with Crippen LogP contribution >= 0.6 is 0 Å². The highest BCUT2D eigenvalue weighted by Crippen LogP contribution is 2.55. The molecule has 6 rings (SSSR count). The third-order valence-electron chi connectivity index (χ3n) is 7.91. The topological polar surface area (TPSA) is 31.4 Å². The van der Waals surface area contributed by atoms with Gasteiger partial charge < -0.3 is 9.31 Å². The lowest BCUT2D eigenvalue weighted by Crippen LogP contribution is -2.41. The average Bonchev–Trinajstić information content (AvgIpc) is 3.27. The van der Waals surface area contributed by atoms with Crippen molar-refractivity contribution in [2.75, 3.05) is 0 Å². The number of hydrogen-bond donors (Lipinski definition) is 0. The highest BCUT2D eigenvalue weighted by Gasteiger charge is 2.54. The number of aromatic nitrogens is 1. The molecule has 2 heterocycles. The fourth-order valence-electron chi connectivity index (χ4n) is 5.58. The van der Waals surface area contributed by atoms with E-state index in [9.17, 15) is 0 Å². The van der Waals surface area contributed by atoms with Gasteiger partial charge in [-0.1, -0.05) is 78.9 Å². The second-order valence-corrected chi connectivity index (χ2v) is 10.3. The van der Waals surface area contributed by atoms with E-state index in [0.717, 1.165) is 11.0 Å². The van der Waals surface area contributed by atoms with Gasteiger partial charge in [0.1, 0.15) is 0 Å². The Balaban J connectivity index is 1.68. The van der Waals surface area contributed by atoms with E-state index in [1.54, 1.807) is 0 Å². The zero-order valence-corrected chi connectivity index (χ0v) is 20.1. The highest BCUT2D eigenvalue weighted by molar-refractivity contribution is 6.64. The van der Waals surface area contributed by atoms with Crippen LogP contribution in [0.2, 0.25) is 0 Å². The maximum Gasteiger partial charge on any atom is 0.495 e. The van der Waals surface area contributed by atoms with Gasteiger partial charge in [0.25, 0.3) is 0 Å². The summed E-state index contributed by atoms with van der Waals surface area (Å²) < 4.78 is 13.1. The first-order chi connectivity index (χ1) is 16.4. The lowest BCUT2D eigenvalue weighted by atomic mass is 9.67. The van der Waals surface area contributed by atoms with Crippen LogP contribution in [0.3, 0.4) is 0 Å². The molecule has 1 saturated heterocycles. The van der Waals surface area contributed by atoms with Gasteiger partial charge in [0, 0.05) is 12.4 Å². The minimum Gasteiger partial charge on any atom is -0.399 e. The fraction of sp³-hybridized carbons (Fsp3) is 0.233. The molecule has 1 fully saturated rings. The van der Waals surface area contributed by atoms with Crippen LogP contribution in [0.5, 0.6) is 0 Å². The molecule has 0 saturated carbocycles. The predicted octanol–water partition coefficient (Wildman–Crippen LogP) is 5.74. The Kier molecular flexibility index (Phi) is 4.64. The summed E-state index contributed by atoms with van der Waals surface area (Å²) in [5.41, 5.74) is 7.08. The number of hydrogen-bond acceptors (Lipinski definition) is 3. The standard InChI is InChI=1S/C30H28BNO2/c1-28(2)29(3,4)34-31(33-28)26-18-10-17-25-27(26)23-15-8-9-16-24(23)30(25,21-12-6-5-7-13-21)22-14-11-19-32-20-22/h5-20H,1-4H3. The molecule has 1 atom stereocenters. The minimum atomic E-state index is -0.471. The lowest BCUT2D eigenvalue weighted by Gasteiger charge is -2.33. The van der Waals surface area contributed by atoms with Gasteiger partial charge in [-0.25, -0.2) is 0 Å². The van der Waals surface area contributed by atoms with Crippen molar-refractivity contribution < 1.29 is 9.31 Å². The Morgan fingerprint density at radius 1 is 0.647 bits per heavy atom. The molecule has 0 amide bonds. The zero-order chi connectivity index (χ0) is 23.6. The third-order valence-corrected chi connectivity index (χ3v) is 7.91. The van der Waals surface area contributed by atoms with E-state index in [2.05, 4.69) is 112 Å². The van der Waals surface area contributed by atoms with Crippen molar-refractivity contribution in [3.05, 3.63) is 120 Å². The molecule has 1 aromatic heterocycles. The number of benzene rings is 3. The van der Waals surface area contributed by atoms with Crippen molar-refractivity contribution >= 4 is 12.6 Å². The molecule has 4 heteroatoms. The maximum absolute atomic E-state index is 6.54. The first-order valence-corrected chi connectivity index (χ1v) is 11.9.